The molecule has 15 heteroatoms. The van der Waals surface area contributed by atoms with E-state index in [-0.39, 0.29) is 24.2 Å². The van der Waals surface area contributed by atoms with Gasteiger partial charge >= 0.3 is 24.0 Å². The van der Waals surface area contributed by atoms with Gasteiger partial charge < -0.3 is 49.1 Å². The Morgan fingerprint density at radius 2 is 1.56 bits per heavy atom. The van der Waals surface area contributed by atoms with Crippen LogP contribution >= 0.6 is 0 Å². The van der Waals surface area contributed by atoms with Gasteiger partial charge in [0.25, 0.3) is 0 Å². The van der Waals surface area contributed by atoms with E-state index in [9.17, 15) is 34.5 Å². The second-order valence-electron chi connectivity index (χ2n) is 18.7. The minimum absolute atomic E-state index is 0.109. The van der Waals surface area contributed by atoms with Crippen LogP contribution in [0.3, 0.4) is 0 Å². The summed E-state index contributed by atoms with van der Waals surface area (Å²) in [5.41, 5.74) is -7.32. The van der Waals surface area contributed by atoms with Crippen LogP contribution in [0, 0.1) is 16.7 Å². The van der Waals surface area contributed by atoms with Crippen molar-refractivity contribution in [2.45, 2.75) is 148 Å². The molecule has 11 atom stereocenters. The second-order valence-corrected chi connectivity index (χ2v) is 18.7. The molecule has 4 aliphatic rings. The van der Waals surface area contributed by atoms with Gasteiger partial charge in [-0.1, -0.05) is 62.4 Å². The van der Waals surface area contributed by atoms with Gasteiger partial charge in [-0.2, -0.15) is 0 Å². The van der Waals surface area contributed by atoms with E-state index < -0.39 is 119 Å². The fraction of sp³-hybridized carbons (Fsp3) is 0.587. The molecule has 1 aliphatic heterocycles. The van der Waals surface area contributed by atoms with Crippen LogP contribution in [0.2, 0.25) is 0 Å². The zero-order valence-electron chi connectivity index (χ0n) is 36.4. The van der Waals surface area contributed by atoms with E-state index in [1.165, 1.54) is 26.0 Å². The number of rotatable bonds is 10. The van der Waals surface area contributed by atoms with Gasteiger partial charge in [-0.3, -0.25) is 9.59 Å². The van der Waals surface area contributed by atoms with Gasteiger partial charge in [0.2, 0.25) is 0 Å². The van der Waals surface area contributed by atoms with Gasteiger partial charge in [0.05, 0.1) is 41.8 Å². The molecule has 2 aromatic rings. The lowest BCUT2D eigenvalue weighted by atomic mass is 9.44. The molecule has 6 rings (SSSR count). The molecule has 332 valence electrons. The lowest BCUT2D eigenvalue weighted by molar-refractivity contribution is -0.346. The number of alkyl carbamates (subject to hydrolysis) is 1. The number of hydrogen-bond acceptors (Lipinski definition) is 14. The number of fused-ring (bicyclic) bond motifs is 5. The number of amides is 1. The van der Waals surface area contributed by atoms with Crippen molar-refractivity contribution in [2.75, 3.05) is 6.61 Å². The summed E-state index contributed by atoms with van der Waals surface area (Å²) in [6, 6.07) is 14.9. The van der Waals surface area contributed by atoms with Crippen LogP contribution in [-0.2, 0) is 42.8 Å². The van der Waals surface area contributed by atoms with E-state index in [2.05, 4.69) is 5.32 Å². The van der Waals surface area contributed by atoms with Crippen LogP contribution in [0.1, 0.15) is 104 Å². The molecule has 3 fully saturated rings. The molecule has 61 heavy (non-hydrogen) atoms. The number of nitrogens with one attached hydrogen (secondary N) is 1. The third kappa shape index (κ3) is 8.11. The second kappa shape index (κ2) is 16.6. The van der Waals surface area contributed by atoms with Gasteiger partial charge in [-0.05, 0) is 77.3 Å². The largest absolute Gasteiger partial charge is 0.456 e. The van der Waals surface area contributed by atoms with Crippen molar-refractivity contribution in [1.29, 1.82) is 0 Å². The van der Waals surface area contributed by atoms with Crippen molar-refractivity contribution in [1.82, 2.24) is 5.32 Å². The molecule has 2 saturated carbocycles. The van der Waals surface area contributed by atoms with Crippen molar-refractivity contribution in [3.63, 3.8) is 0 Å². The normalized spacial score (nSPS) is 32.7. The smallest absolute Gasteiger partial charge is 0.408 e. The summed E-state index contributed by atoms with van der Waals surface area (Å²) < 4.78 is 36.5. The van der Waals surface area contributed by atoms with Crippen LogP contribution in [-0.4, -0.2) is 111 Å². The molecule has 3 aliphatic carbocycles. The van der Waals surface area contributed by atoms with Crippen molar-refractivity contribution < 1.29 is 67.7 Å². The number of hydrogen-bond donors (Lipinski definition) is 4. The van der Waals surface area contributed by atoms with Gasteiger partial charge in [0, 0.05) is 25.2 Å². The van der Waals surface area contributed by atoms with Crippen LogP contribution in [0.5, 0.6) is 0 Å². The predicted octanol–water partition coefficient (Wildman–Crippen LogP) is 4.69. The molecule has 2 aromatic carbocycles. The SMILES string of the molecule is CC(=O)O[C@@]12CO[C@@H]1C[C@H](O)[C@@]1(C)C(=O)[C@H](OC(C)C)C3=C(C)[C@@H](OC(=O)[C@H](O)[C@@H](NC(=O)OC(C)(C)C)c4ccccc4)C[C@@](O)([C@@H](OC(=O)c4ccccc4)[C@H]21)C3(C)C. The van der Waals surface area contributed by atoms with Gasteiger partial charge in [0.1, 0.15) is 35.6 Å². The monoisotopic (exact) mass is 849 g/mol. The Balaban J connectivity index is 1.54. The first-order valence-electron chi connectivity index (χ1n) is 20.7. The molecule has 1 amide bonds. The van der Waals surface area contributed by atoms with E-state index in [1.807, 2.05) is 0 Å². The first-order valence-corrected chi connectivity index (χ1v) is 20.7. The molecular formula is C46H59NO14. The van der Waals surface area contributed by atoms with Crippen molar-refractivity contribution in [3.05, 3.63) is 82.9 Å². The average Bonchev–Trinajstić information content (AvgIpc) is 3.17. The summed E-state index contributed by atoms with van der Waals surface area (Å²) in [6.45, 7) is 15.8. The third-order valence-electron chi connectivity index (χ3n) is 13.0. The average molecular weight is 850 g/mol. The summed E-state index contributed by atoms with van der Waals surface area (Å²) in [4.78, 5) is 70.2. The number of aliphatic hydroxyl groups is 3. The number of carbonyl (C=O) groups excluding carboxylic acids is 5. The quantitative estimate of drug-likeness (QED) is 0.145. The molecule has 0 aromatic heterocycles. The van der Waals surface area contributed by atoms with Crippen LogP contribution in [0.25, 0.3) is 0 Å². The maximum Gasteiger partial charge on any atom is 0.408 e. The highest BCUT2D eigenvalue weighted by Crippen LogP contribution is 2.64. The molecule has 1 saturated heterocycles. The molecule has 0 spiro atoms. The lowest BCUT2D eigenvalue weighted by Crippen LogP contribution is -2.82. The number of ketones is 1. The Morgan fingerprint density at radius 1 is 0.951 bits per heavy atom. The Hall–Kier alpha value is -4.67. The topological polar surface area (TPSA) is 213 Å². The highest BCUT2D eigenvalue weighted by Gasteiger charge is 2.78. The summed E-state index contributed by atoms with van der Waals surface area (Å²) >= 11 is 0. The Morgan fingerprint density at radius 3 is 2.10 bits per heavy atom. The lowest BCUT2D eigenvalue weighted by Gasteiger charge is -2.67. The molecule has 15 nitrogen and oxygen atoms in total. The fourth-order valence-corrected chi connectivity index (χ4v) is 9.93. The number of carbonyl (C=O) groups is 5. The van der Waals surface area contributed by atoms with Gasteiger partial charge in [0.15, 0.2) is 17.5 Å². The first kappa shape index (κ1) is 45.8. The van der Waals surface area contributed by atoms with E-state index in [4.69, 9.17) is 28.4 Å². The summed E-state index contributed by atoms with van der Waals surface area (Å²) in [6.07, 6.45) is -11.1. The van der Waals surface area contributed by atoms with Gasteiger partial charge in [-0.15, -0.1) is 0 Å². The van der Waals surface area contributed by atoms with Crippen LogP contribution in [0.15, 0.2) is 71.8 Å². The summed E-state index contributed by atoms with van der Waals surface area (Å²) in [5, 5.41) is 40.1. The molecular weight excluding hydrogens is 790 g/mol. The maximum atomic E-state index is 15.6. The van der Waals surface area contributed by atoms with E-state index in [1.54, 1.807) is 104 Å². The van der Waals surface area contributed by atoms with Crippen molar-refractivity contribution in [2.24, 2.45) is 16.7 Å². The zero-order chi connectivity index (χ0) is 45.0. The first-order chi connectivity index (χ1) is 28.4. The maximum absolute atomic E-state index is 15.6. The summed E-state index contributed by atoms with van der Waals surface area (Å²) in [5.74, 6) is -4.90. The number of aliphatic hydroxyl groups excluding tert-OH is 2. The third-order valence-corrected chi connectivity index (χ3v) is 13.0. The molecule has 0 radical (unpaired) electrons. The highest BCUT2D eigenvalue weighted by molar-refractivity contribution is 5.94. The highest BCUT2D eigenvalue weighted by atomic mass is 16.6. The molecule has 4 N–H and O–H groups in total. The molecule has 2 bridgehead atoms. The van der Waals surface area contributed by atoms with Crippen molar-refractivity contribution >= 4 is 29.8 Å². The van der Waals surface area contributed by atoms with E-state index in [0.29, 0.717) is 11.1 Å². The zero-order valence-corrected chi connectivity index (χ0v) is 36.4. The standard InChI is InChI=1S/C46H59NO14/c1-24(2)57-35-32-25(3)29(58-40(53)34(50)33(27-17-13-11-14-18-27)47-41(54)61-42(5,6)7)22-46(55,43(32,8)9)38(59-39(52)28-19-15-12-16-20-28)36-44(10,37(35)51)30(49)21-31-45(36,23-56-31)60-26(4)48/h11-20,24,29-31,33-36,38,49-50,55H,21-23H2,1-10H3,(H,47,54)/t29-,30-,31+,33-,34+,35+,36-,38-,44+,45-,46+/m0/s1. The molecule has 0 unspecified atom stereocenters. The van der Waals surface area contributed by atoms with E-state index in [0.717, 1.165) is 0 Å². The number of benzene rings is 2. The summed E-state index contributed by atoms with van der Waals surface area (Å²) in [7, 11) is 0. The minimum atomic E-state index is -2.29. The Bertz CT molecular complexity index is 2040. The van der Waals surface area contributed by atoms with E-state index >= 15 is 4.79 Å². The number of Topliss-reactive ketones (excluding diaryl/α,β-unsaturated/α-hetero) is 1. The van der Waals surface area contributed by atoms with Crippen molar-refractivity contribution in [3.8, 4) is 0 Å². The van der Waals surface area contributed by atoms with Gasteiger partial charge in [-0.25, -0.2) is 14.4 Å². The Labute approximate surface area is 356 Å². The Kier molecular flexibility index (Phi) is 12.4. The van der Waals surface area contributed by atoms with Crippen LogP contribution < -0.4 is 5.32 Å². The molecule has 1 heterocycles. The number of esters is 3. The number of ether oxygens (including phenoxy) is 6. The predicted molar refractivity (Wildman–Crippen MR) is 218 cm³/mol. The van der Waals surface area contributed by atoms with Crippen LogP contribution in [0.4, 0.5) is 4.79 Å². The minimum Gasteiger partial charge on any atom is -0.456 e. The fourth-order valence-electron chi connectivity index (χ4n) is 9.93.